The molecule has 22 heavy (non-hydrogen) atoms. The quantitative estimate of drug-likeness (QED) is 0.896. The van der Waals surface area contributed by atoms with Crippen LogP contribution >= 0.6 is 0 Å². The molecule has 1 aromatic heterocycles. The molecule has 9 heteroatoms. The molecule has 0 spiro atoms. The van der Waals surface area contributed by atoms with E-state index in [2.05, 4.69) is 20.7 Å². The summed E-state index contributed by atoms with van der Waals surface area (Å²) in [5.74, 6) is -0.616. The van der Waals surface area contributed by atoms with E-state index in [1.807, 2.05) is 0 Å². The van der Waals surface area contributed by atoms with Crippen LogP contribution in [0.2, 0.25) is 0 Å². The van der Waals surface area contributed by atoms with Gasteiger partial charge in [-0.2, -0.15) is 4.80 Å². The maximum atomic E-state index is 13.2. The van der Waals surface area contributed by atoms with E-state index in [9.17, 15) is 14.0 Å². The van der Waals surface area contributed by atoms with Crippen LogP contribution in [-0.4, -0.2) is 50.1 Å². The van der Waals surface area contributed by atoms with Crippen molar-refractivity contribution in [3.8, 4) is 11.4 Å². The average molecular weight is 304 g/mol. The van der Waals surface area contributed by atoms with Crippen molar-refractivity contribution < 1.29 is 14.0 Å². The Morgan fingerprint density at radius 3 is 2.95 bits per heavy atom. The molecule has 3 amide bonds. The number of hydrogen-bond acceptors (Lipinski definition) is 5. The molecule has 1 saturated heterocycles. The zero-order chi connectivity index (χ0) is 15.7. The molecule has 1 fully saturated rings. The normalized spacial score (nSPS) is 15.7. The van der Waals surface area contributed by atoms with Crippen molar-refractivity contribution in [1.82, 2.24) is 30.4 Å². The highest BCUT2D eigenvalue weighted by atomic mass is 19.1. The van der Waals surface area contributed by atoms with E-state index >= 15 is 0 Å². The summed E-state index contributed by atoms with van der Waals surface area (Å²) in [5.41, 5.74) is 0.463. The second-order valence-electron chi connectivity index (χ2n) is 4.84. The lowest BCUT2D eigenvalue weighted by Crippen LogP contribution is -2.39. The Kier molecular flexibility index (Phi) is 3.53. The highest BCUT2D eigenvalue weighted by Crippen LogP contribution is 2.16. The minimum absolute atomic E-state index is 0.213. The molecule has 0 aliphatic carbocycles. The van der Waals surface area contributed by atoms with Crippen LogP contribution in [0.25, 0.3) is 11.4 Å². The molecule has 1 aliphatic rings. The number of amides is 3. The van der Waals surface area contributed by atoms with Gasteiger partial charge in [0.15, 0.2) is 0 Å². The number of aromatic nitrogens is 4. The highest BCUT2D eigenvalue weighted by Gasteiger charge is 2.31. The van der Waals surface area contributed by atoms with Gasteiger partial charge in [0.05, 0.1) is 0 Å². The average Bonchev–Trinajstić information content (AvgIpc) is 3.14. The highest BCUT2D eigenvalue weighted by molar-refractivity contribution is 5.97. The summed E-state index contributed by atoms with van der Waals surface area (Å²) in [7, 11) is 0. The van der Waals surface area contributed by atoms with Crippen LogP contribution in [0.15, 0.2) is 24.3 Å². The molecule has 0 saturated carbocycles. The minimum atomic E-state index is -0.779. The van der Waals surface area contributed by atoms with Crippen LogP contribution < -0.4 is 5.32 Å². The topological polar surface area (TPSA) is 93.0 Å². The minimum Gasteiger partial charge on any atom is -0.336 e. The lowest BCUT2D eigenvalue weighted by atomic mass is 10.2. The maximum absolute atomic E-state index is 13.2. The number of hydrogen-bond donors (Lipinski definition) is 1. The van der Waals surface area contributed by atoms with E-state index in [0.29, 0.717) is 18.7 Å². The predicted molar refractivity (Wildman–Crippen MR) is 73.0 cm³/mol. The number of carbonyl (C=O) groups is 2. The standard InChI is InChI=1S/C13H13FN6O2/c1-8(12(21)19-6-5-15-13(19)22)20-17-11(16-18-20)9-3-2-4-10(14)7-9/h2-4,7-8H,5-6H2,1H3,(H,15,22). The molecule has 1 atom stereocenters. The summed E-state index contributed by atoms with van der Waals surface area (Å²) in [6.07, 6.45) is 0. The Bertz CT molecular complexity index is 731. The molecule has 2 heterocycles. The molecule has 1 N–H and O–H groups in total. The molecule has 8 nitrogen and oxygen atoms in total. The van der Waals surface area contributed by atoms with E-state index in [1.165, 1.54) is 18.2 Å². The molecular formula is C13H13FN6O2. The van der Waals surface area contributed by atoms with E-state index in [0.717, 1.165) is 9.70 Å². The number of urea groups is 1. The molecule has 0 bridgehead atoms. The number of carbonyl (C=O) groups excluding carboxylic acids is 2. The Morgan fingerprint density at radius 2 is 2.27 bits per heavy atom. The van der Waals surface area contributed by atoms with E-state index in [-0.39, 0.29) is 5.82 Å². The number of imide groups is 1. The fourth-order valence-corrected chi connectivity index (χ4v) is 2.14. The van der Waals surface area contributed by atoms with Gasteiger partial charge in [-0.05, 0) is 24.3 Å². The first kappa shape index (κ1) is 14.1. The first-order valence-electron chi connectivity index (χ1n) is 6.71. The number of nitrogens with one attached hydrogen (secondary N) is 1. The Morgan fingerprint density at radius 1 is 1.45 bits per heavy atom. The van der Waals surface area contributed by atoms with Crippen LogP contribution in [0.3, 0.4) is 0 Å². The number of rotatable bonds is 3. The SMILES string of the molecule is CC(C(=O)N1CCNC1=O)n1nnc(-c2cccc(F)c2)n1. The maximum Gasteiger partial charge on any atom is 0.324 e. The van der Waals surface area contributed by atoms with Crippen molar-refractivity contribution >= 4 is 11.9 Å². The Labute approximate surface area is 124 Å². The van der Waals surface area contributed by atoms with Crippen LogP contribution in [0, 0.1) is 5.82 Å². The third-order valence-corrected chi connectivity index (χ3v) is 3.34. The van der Waals surface area contributed by atoms with Crippen molar-refractivity contribution in [3.05, 3.63) is 30.1 Å². The van der Waals surface area contributed by atoms with Crippen LogP contribution in [0.1, 0.15) is 13.0 Å². The van der Waals surface area contributed by atoms with Crippen LogP contribution in [0.4, 0.5) is 9.18 Å². The third kappa shape index (κ3) is 2.52. The number of nitrogens with zero attached hydrogens (tertiary/aromatic N) is 5. The molecule has 114 valence electrons. The van der Waals surface area contributed by atoms with Crippen molar-refractivity contribution in [3.63, 3.8) is 0 Å². The lowest BCUT2D eigenvalue weighted by molar-refractivity contribution is -0.131. The predicted octanol–water partition coefficient (Wildman–Crippen LogP) is 0.592. The van der Waals surface area contributed by atoms with Gasteiger partial charge >= 0.3 is 6.03 Å². The molecule has 1 unspecified atom stereocenters. The zero-order valence-electron chi connectivity index (χ0n) is 11.7. The molecule has 1 aromatic carbocycles. The zero-order valence-corrected chi connectivity index (χ0v) is 11.7. The second-order valence-corrected chi connectivity index (χ2v) is 4.84. The van der Waals surface area contributed by atoms with Gasteiger partial charge in [-0.15, -0.1) is 10.2 Å². The lowest BCUT2D eigenvalue weighted by Gasteiger charge is -2.16. The second kappa shape index (κ2) is 5.51. The molecular weight excluding hydrogens is 291 g/mol. The summed E-state index contributed by atoms with van der Waals surface area (Å²) in [6.45, 7) is 2.31. The van der Waals surface area contributed by atoms with Crippen molar-refractivity contribution in [2.24, 2.45) is 0 Å². The number of tetrazole rings is 1. The van der Waals surface area contributed by atoms with Crippen LogP contribution in [0.5, 0.6) is 0 Å². The third-order valence-electron chi connectivity index (χ3n) is 3.34. The molecule has 3 rings (SSSR count). The van der Waals surface area contributed by atoms with Crippen LogP contribution in [-0.2, 0) is 4.79 Å². The van der Waals surface area contributed by atoms with Gasteiger partial charge in [-0.25, -0.2) is 9.18 Å². The summed E-state index contributed by atoms with van der Waals surface area (Å²) in [5, 5.41) is 14.3. The first-order valence-corrected chi connectivity index (χ1v) is 6.71. The van der Waals surface area contributed by atoms with E-state index in [1.54, 1.807) is 13.0 Å². The van der Waals surface area contributed by atoms with Gasteiger partial charge in [-0.3, -0.25) is 9.69 Å². The Balaban J connectivity index is 1.81. The van der Waals surface area contributed by atoms with Gasteiger partial charge in [0, 0.05) is 18.7 Å². The van der Waals surface area contributed by atoms with Gasteiger partial charge < -0.3 is 5.32 Å². The Hall–Kier alpha value is -2.84. The fourth-order valence-electron chi connectivity index (χ4n) is 2.14. The van der Waals surface area contributed by atoms with Gasteiger partial charge in [0.2, 0.25) is 5.82 Å². The monoisotopic (exact) mass is 304 g/mol. The van der Waals surface area contributed by atoms with Gasteiger partial charge in [0.25, 0.3) is 5.91 Å². The van der Waals surface area contributed by atoms with Crippen molar-refractivity contribution in [2.75, 3.05) is 13.1 Å². The smallest absolute Gasteiger partial charge is 0.324 e. The van der Waals surface area contributed by atoms with Crippen molar-refractivity contribution in [1.29, 1.82) is 0 Å². The molecule has 0 radical (unpaired) electrons. The number of benzene rings is 1. The first-order chi connectivity index (χ1) is 10.6. The van der Waals surface area contributed by atoms with Gasteiger partial charge in [0.1, 0.15) is 11.9 Å². The fraction of sp³-hybridized carbons (Fsp3) is 0.308. The van der Waals surface area contributed by atoms with E-state index < -0.39 is 23.8 Å². The van der Waals surface area contributed by atoms with Crippen molar-refractivity contribution in [2.45, 2.75) is 13.0 Å². The summed E-state index contributed by atoms with van der Waals surface area (Å²) in [6, 6.07) is 4.56. The number of halogens is 1. The summed E-state index contributed by atoms with van der Waals surface area (Å²) < 4.78 is 13.2. The van der Waals surface area contributed by atoms with Gasteiger partial charge in [-0.1, -0.05) is 12.1 Å². The summed E-state index contributed by atoms with van der Waals surface area (Å²) in [4.78, 5) is 26.0. The molecule has 1 aliphatic heterocycles. The molecule has 2 aromatic rings. The van der Waals surface area contributed by atoms with E-state index in [4.69, 9.17) is 0 Å². The largest absolute Gasteiger partial charge is 0.336 e. The summed E-state index contributed by atoms with van der Waals surface area (Å²) >= 11 is 0.